The van der Waals surface area contributed by atoms with Gasteiger partial charge in [0.15, 0.2) is 5.82 Å². The number of nitrogen functional groups attached to an aromatic ring is 1. The van der Waals surface area contributed by atoms with Gasteiger partial charge in [-0.05, 0) is 19.1 Å². The highest BCUT2D eigenvalue weighted by molar-refractivity contribution is 5.74. The maximum Gasteiger partial charge on any atom is 0.242 e. The first kappa shape index (κ1) is 12.9. The average Bonchev–Trinajstić information content (AvgIpc) is 2.44. The average molecular weight is 260 g/mol. The molecule has 100 valence electrons. The zero-order valence-corrected chi connectivity index (χ0v) is 10.9. The van der Waals surface area contributed by atoms with Crippen LogP contribution in [0.5, 0.6) is 11.6 Å². The van der Waals surface area contributed by atoms with Crippen LogP contribution in [0.25, 0.3) is 0 Å². The predicted octanol–water partition coefficient (Wildman–Crippen LogP) is 2.21. The third-order valence-corrected chi connectivity index (χ3v) is 2.49. The second-order valence-corrected chi connectivity index (χ2v) is 3.70. The van der Waals surface area contributed by atoms with Gasteiger partial charge in [0.25, 0.3) is 0 Å². The van der Waals surface area contributed by atoms with E-state index in [2.05, 4.69) is 15.3 Å². The van der Waals surface area contributed by atoms with E-state index >= 15 is 0 Å². The van der Waals surface area contributed by atoms with Crippen LogP contribution in [0.1, 0.15) is 6.92 Å². The van der Waals surface area contributed by atoms with E-state index in [1.165, 1.54) is 6.33 Å². The van der Waals surface area contributed by atoms with Crippen LogP contribution in [0.15, 0.2) is 30.6 Å². The summed E-state index contributed by atoms with van der Waals surface area (Å²) in [6, 6.07) is 7.51. The lowest BCUT2D eigenvalue weighted by atomic mass is 10.3. The van der Waals surface area contributed by atoms with E-state index in [0.29, 0.717) is 29.7 Å². The largest absolute Gasteiger partial charge is 0.495 e. The quantitative estimate of drug-likeness (QED) is 0.857. The van der Waals surface area contributed by atoms with Gasteiger partial charge in [0.1, 0.15) is 17.8 Å². The molecule has 3 N–H and O–H groups in total. The van der Waals surface area contributed by atoms with Crippen molar-refractivity contribution in [1.29, 1.82) is 0 Å². The standard InChI is InChI=1S/C13H16N4O2/c1-3-19-13-11(14)12(15-8-16-13)17-9-6-4-5-7-10(9)18-2/h4-8H,3,14H2,1-2H3,(H,15,16,17). The predicted molar refractivity (Wildman–Crippen MR) is 73.9 cm³/mol. The summed E-state index contributed by atoms with van der Waals surface area (Å²) in [5, 5.41) is 3.11. The Kier molecular flexibility index (Phi) is 4.02. The molecular formula is C13H16N4O2. The lowest BCUT2D eigenvalue weighted by Gasteiger charge is -2.13. The number of nitrogens with one attached hydrogen (secondary N) is 1. The van der Waals surface area contributed by atoms with Crippen LogP contribution in [-0.4, -0.2) is 23.7 Å². The molecule has 2 aromatic rings. The van der Waals surface area contributed by atoms with Gasteiger partial charge in [0.05, 0.1) is 19.4 Å². The number of hydrogen-bond donors (Lipinski definition) is 2. The van der Waals surface area contributed by atoms with Crippen LogP contribution in [0.2, 0.25) is 0 Å². The molecule has 0 aliphatic rings. The highest BCUT2D eigenvalue weighted by atomic mass is 16.5. The van der Waals surface area contributed by atoms with E-state index < -0.39 is 0 Å². The smallest absolute Gasteiger partial charge is 0.242 e. The maximum atomic E-state index is 5.96. The number of rotatable bonds is 5. The van der Waals surface area contributed by atoms with Crippen molar-refractivity contribution < 1.29 is 9.47 Å². The first-order chi connectivity index (χ1) is 9.26. The molecule has 0 saturated heterocycles. The minimum Gasteiger partial charge on any atom is -0.495 e. The zero-order valence-electron chi connectivity index (χ0n) is 10.9. The van der Waals surface area contributed by atoms with Gasteiger partial charge in [-0.3, -0.25) is 0 Å². The number of aromatic nitrogens is 2. The van der Waals surface area contributed by atoms with Crippen molar-refractivity contribution in [3.63, 3.8) is 0 Å². The molecule has 0 atom stereocenters. The first-order valence-corrected chi connectivity index (χ1v) is 5.89. The van der Waals surface area contributed by atoms with Crippen molar-refractivity contribution in [2.75, 3.05) is 24.8 Å². The van der Waals surface area contributed by atoms with E-state index in [1.807, 2.05) is 31.2 Å². The highest BCUT2D eigenvalue weighted by Gasteiger charge is 2.10. The molecular weight excluding hydrogens is 244 g/mol. The molecule has 6 heteroatoms. The summed E-state index contributed by atoms with van der Waals surface area (Å²) in [7, 11) is 1.61. The molecule has 0 fully saturated rings. The number of para-hydroxylation sites is 2. The third-order valence-electron chi connectivity index (χ3n) is 2.49. The summed E-state index contributed by atoms with van der Waals surface area (Å²) in [4.78, 5) is 8.09. The van der Waals surface area contributed by atoms with Gasteiger partial charge >= 0.3 is 0 Å². The van der Waals surface area contributed by atoms with Crippen molar-refractivity contribution in [2.24, 2.45) is 0 Å². The van der Waals surface area contributed by atoms with Crippen LogP contribution in [0.4, 0.5) is 17.2 Å². The van der Waals surface area contributed by atoms with Crippen molar-refractivity contribution in [1.82, 2.24) is 9.97 Å². The fourth-order valence-corrected chi connectivity index (χ4v) is 1.61. The van der Waals surface area contributed by atoms with Crippen LogP contribution >= 0.6 is 0 Å². The Labute approximate surface area is 111 Å². The number of benzene rings is 1. The molecule has 1 aromatic heterocycles. The van der Waals surface area contributed by atoms with Crippen molar-refractivity contribution in [3.8, 4) is 11.6 Å². The van der Waals surface area contributed by atoms with Crippen LogP contribution in [0, 0.1) is 0 Å². The zero-order chi connectivity index (χ0) is 13.7. The van der Waals surface area contributed by atoms with Gasteiger partial charge in [-0.2, -0.15) is 4.98 Å². The third kappa shape index (κ3) is 2.85. The molecule has 0 aliphatic heterocycles. The fraction of sp³-hybridized carbons (Fsp3) is 0.231. The van der Waals surface area contributed by atoms with Gasteiger partial charge in [0, 0.05) is 0 Å². The Balaban J connectivity index is 2.30. The normalized spacial score (nSPS) is 10.0. The second-order valence-electron chi connectivity index (χ2n) is 3.70. The van der Waals surface area contributed by atoms with Gasteiger partial charge in [0.2, 0.25) is 5.88 Å². The topological polar surface area (TPSA) is 82.3 Å². The fourth-order valence-electron chi connectivity index (χ4n) is 1.61. The molecule has 0 unspecified atom stereocenters. The summed E-state index contributed by atoms with van der Waals surface area (Å²) < 4.78 is 10.6. The maximum absolute atomic E-state index is 5.96. The Hall–Kier alpha value is -2.50. The lowest BCUT2D eigenvalue weighted by molar-refractivity contribution is 0.328. The number of anilines is 3. The Morgan fingerprint density at radius 1 is 1.26 bits per heavy atom. The van der Waals surface area contributed by atoms with Gasteiger partial charge < -0.3 is 20.5 Å². The minimum atomic E-state index is 0.370. The molecule has 2 rings (SSSR count). The molecule has 0 saturated carbocycles. The molecule has 0 amide bonds. The Bertz CT molecular complexity index is 560. The summed E-state index contributed by atoms with van der Waals surface area (Å²) in [6.07, 6.45) is 1.40. The number of hydrogen-bond acceptors (Lipinski definition) is 6. The number of methoxy groups -OCH3 is 1. The number of ether oxygens (including phenoxy) is 2. The Morgan fingerprint density at radius 3 is 2.79 bits per heavy atom. The Morgan fingerprint density at radius 2 is 2.05 bits per heavy atom. The van der Waals surface area contributed by atoms with E-state index in [9.17, 15) is 0 Å². The summed E-state index contributed by atoms with van der Waals surface area (Å²) in [6.45, 7) is 2.37. The number of nitrogens with two attached hydrogens (primary N) is 1. The van der Waals surface area contributed by atoms with Crippen LogP contribution < -0.4 is 20.5 Å². The minimum absolute atomic E-state index is 0.370. The van der Waals surface area contributed by atoms with Crippen LogP contribution in [0.3, 0.4) is 0 Å². The lowest BCUT2D eigenvalue weighted by Crippen LogP contribution is -2.05. The SMILES string of the molecule is CCOc1ncnc(Nc2ccccc2OC)c1N. The van der Waals surface area contributed by atoms with Gasteiger partial charge in [-0.1, -0.05) is 12.1 Å². The molecule has 1 heterocycles. The van der Waals surface area contributed by atoms with E-state index in [-0.39, 0.29) is 0 Å². The molecule has 0 radical (unpaired) electrons. The molecule has 1 aromatic carbocycles. The van der Waals surface area contributed by atoms with Crippen LogP contribution in [-0.2, 0) is 0 Å². The molecule has 19 heavy (non-hydrogen) atoms. The van der Waals surface area contributed by atoms with Gasteiger partial charge in [-0.25, -0.2) is 4.98 Å². The van der Waals surface area contributed by atoms with E-state index in [4.69, 9.17) is 15.2 Å². The second kappa shape index (κ2) is 5.90. The molecule has 0 bridgehead atoms. The molecule has 0 aliphatic carbocycles. The molecule has 6 nitrogen and oxygen atoms in total. The molecule has 0 spiro atoms. The van der Waals surface area contributed by atoms with E-state index in [1.54, 1.807) is 7.11 Å². The first-order valence-electron chi connectivity index (χ1n) is 5.89. The monoisotopic (exact) mass is 260 g/mol. The van der Waals surface area contributed by atoms with Crippen molar-refractivity contribution in [2.45, 2.75) is 6.92 Å². The van der Waals surface area contributed by atoms with E-state index in [0.717, 1.165) is 5.69 Å². The summed E-state index contributed by atoms with van der Waals surface area (Å²) in [5.41, 5.74) is 7.10. The summed E-state index contributed by atoms with van der Waals surface area (Å²) in [5.74, 6) is 1.57. The van der Waals surface area contributed by atoms with Crippen molar-refractivity contribution >= 4 is 17.2 Å². The highest BCUT2D eigenvalue weighted by Crippen LogP contribution is 2.31. The summed E-state index contributed by atoms with van der Waals surface area (Å²) >= 11 is 0. The number of nitrogens with zero attached hydrogens (tertiary/aromatic N) is 2. The van der Waals surface area contributed by atoms with Gasteiger partial charge in [-0.15, -0.1) is 0 Å². The van der Waals surface area contributed by atoms with Crippen molar-refractivity contribution in [3.05, 3.63) is 30.6 Å².